The van der Waals surface area contributed by atoms with Crippen molar-refractivity contribution in [1.29, 1.82) is 0 Å². The first-order valence-electron chi connectivity index (χ1n) is 7.41. The Balaban J connectivity index is 2.36. The van der Waals surface area contributed by atoms with E-state index in [1.54, 1.807) is 7.11 Å². The quantitative estimate of drug-likeness (QED) is 0.827. The van der Waals surface area contributed by atoms with Gasteiger partial charge in [0.25, 0.3) is 0 Å². The number of hydrogen-bond donors (Lipinski definition) is 0. The molecule has 3 heteroatoms. The van der Waals surface area contributed by atoms with Crippen LogP contribution in [0.2, 0.25) is 0 Å². The molecule has 20 heavy (non-hydrogen) atoms. The van der Waals surface area contributed by atoms with Gasteiger partial charge in [-0.3, -0.25) is 4.79 Å². The Hall–Kier alpha value is -1.35. The van der Waals surface area contributed by atoms with Crippen molar-refractivity contribution in [2.75, 3.05) is 27.7 Å². The van der Waals surface area contributed by atoms with E-state index in [-0.39, 0.29) is 5.41 Å². The van der Waals surface area contributed by atoms with Gasteiger partial charge in [-0.25, -0.2) is 0 Å². The lowest BCUT2D eigenvalue weighted by Gasteiger charge is -2.37. The highest BCUT2D eigenvalue weighted by atomic mass is 16.5. The van der Waals surface area contributed by atoms with E-state index >= 15 is 0 Å². The molecule has 0 aliphatic heterocycles. The average molecular weight is 275 g/mol. The van der Waals surface area contributed by atoms with Crippen LogP contribution in [0.3, 0.4) is 0 Å². The fraction of sp³-hybridized carbons (Fsp3) is 0.588. The van der Waals surface area contributed by atoms with Gasteiger partial charge in [-0.15, -0.1) is 0 Å². The zero-order chi connectivity index (χ0) is 14.6. The topological polar surface area (TPSA) is 29.5 Å². The lowest BCUT2D eigenvalue weighted by atomic mass is 9.66. The molecule has 0 aromatic heterocycles. The number of hydrogen-bond acceptors (Lipinski definition) is 3. The summed E-state index contributed by atoms with van der Waals surface area (Å²) in [5.41, 5.74) is 0.820. The average Bonchev–Trinajstić information content (AvgIpc) is 2.46. The molecule has 0 spiro atoms. The van der Waals surface area contributed by atoms with Crippen LogP contribution >= 0.6 is 0 Å². The summed E-state index contributed by atoms with van der Waals surface area (Å²) in [4.78, 5) is 14.8. The summed E-state index contributed by atoms with van der Waals surface area (Å²) in [5.74, 6) is 1.24. The lowest BCUT2D eigenvalue weighted by Crippen LogP contribution is -2.41. The molecule has 0 amide bonds. The third-order valence-electron chi connectivity index (χ3n) is 4.40. The zero-order valence-electron chi connectivity index (χ0n) is 12.8. The van der Waals surface area contributed by atoms with Crippen molar-refractivity contribution in [1.82, 2.24) is 4.90 Å². The molecule has 1 aliphatic rings. The summed E-state index contributed by atoms with van der Waals surface area (Å²) in [6.45, 7) is 0.933. The molecule has 0 heterocycles. The molecule has 0 bridgehead atoms. The SMILES string of the molecule is COc1cccc([C@]2(CCN(C)C)CCCCC2=O)c1. The fourth-order valence-corrected chi connectivity index (χ4v) is 3.14. The number of carbonyl (C=O) groups is 1. The van der Waals surface area contributed by atoms with Crippen LogP contribution in [0.25, 0.3) is 0 Å². The van der Waals surface area contributed by atoms with Gasteiger partial charge in [-0.1, -0.05) is 18.6 Å². The maximum absolute atomic E-state index is 12.7. The monoisotopic (exact) mass is 275 g/mol. The number of carbonyl (C=O) groups excluding carboxylic acids is 1. The van der Waals surface area contributed by atoms with Gasteiger partial charge in [0.05, 0.1) is 12.5 Å². The van der Waals surface area contributed by atoms with E-state index in [1.807, 2.05) is 18.2 Å². The third-order valence-corrected chi connectivity index (χ3v) is 4.40. The molecule has 1 aromatic carbocycles. The smallest absolute Gasteiger partial charge is 0.143 e. The molecular weight excluding hydrogens is 250 g/mol. The van der Waals surface area contributed by atoms with E-state index in [4.69, 9.17) is 4.74 Å². The Morgan fingerprint density at radius 1 is 1.30 bits per heavy atom. The molecule has 3 nitrogen and oxygen atoms in total. The van der Waals surface area contributed by atoms with E-state index < -0.39 is 0 Å². The summed E-state index contributed by atoms with van der Waals surface area (Å²) in [7, 11) is 5.80. The zero-order valence-corrected chi connectivity index (χ0v) is 12.8. The second kappa shape index (κ2) is 6.40. The number of ketones is 1. The van der Waals surface area contributed by atoms with Crippen molar-refractivity contribution >= 4 is 5.78 Å². The largest absolute Gasteiger partial charge is 0.497 e. The highest BCUT2D eigenvalue weighted by Gasteiger charge is 2.41. The van der Waals surface area contributed by atoms with Gasteiger partial charge in [0.2, 0.25) is 0 Å². The molecule has 1 atom stereocenters. The highest BCUT2D eigenvalue weighted by Crippen LogP contribution is 2.40. The van der Waals surface area contributed by atoms with Gasteiger partial charge < -0.3 is 9.64 Å². The number of benzene rings is 1. The first kappa shape index (κ1) is 15.0. The van der Waals surface area contributed by atoms with Crippen molar-refractivity contribution in [3.63, 3.8) is 0 Å². The molecule has 110 valence electrons. The standard InChI is InChI=1S/C17H25NO2/c1-18(2)12-11-17(10-5-4-9-16(17)19)14-7-6-8-15(13-14)20-3/h6-8,13H,4-5,9-12H2,1-3H3/t17-/m1/s1. The predicted octanol–water partition coefficient (Wildman–Crippen LogP) is 3.03. The van der Waals surface area contributed by atoms with Crippen molar-refractivity contribution in [3.05, 3.63) is 29.8 Å². The predicted molar refractivity (Wildman–Crippen MR) is 81.3 cm³/mol. The lowest BCUT2D eigenvalue weighted by molar-refractivity contribution is -0.127. The molecule has 1 aromatic rings. The normalized spacial score (nSPS) is 23.1. The van der Waals surface area contributed by atoms with Crippen LogP contribution in [-0.4, -0.2) is 38.4 Å². The maximum atomic E-state index is 12.7. The molecule has 1 fully saturated rings. The van der Waals surface area contributed by atoms with E-state index in [0.717, 1.165) is 43.5 Å². The summed E-state index contributed by atoms with van der Waals surface area (Å²) in [6.07, 6.45) is 4.74. The van der Waals surface area contributed by atoms with Gasteiger partial charge >= 0.3 is 0 Å². The van der Waals surface area contributed by atoms with E-state index in [9.17, 15) is 4.79 Å². The van der Waals surface area contributed by atoms with Crippen LogP contribution in [-0.2, 0) is 10.2 Å². The Morgan fingerprint density at radius 3 is 2.75 bits per heavy atom. The summed E-state index contributed by atoms with van der Waals surface area (Å²) >= 11 is 0. The third kappa shape index (κ3) is 3.04. The first-order chi connectivity index (χ1) is 9.58. The molecule has 0 saturated heterocycles. The number of Topliss-reactive ketones (excluding diaryl/α,β-unsaturated/α-hetero) is 1. The Kier molecular flexibility index (Phi) is 4.81. The number of nitrogens with zero attached hydrogens (tertiary/aromatic N) is 1. The van der Waals surface area contributed by atoms with Crippen molar-refractivity contribution < 1.29 is 9.53 Å². The Morgan fingerprint density at radius 2 is 2.10 bits per heavy atom. The first-order valence-corrected chi connectivity index (χ1v) is 7.41. The van der Waals surface area contributed by atoms with Crippen LogP contribution in [0.15, 0.2) is 24.3 Å². The summed E-state index contributed by atoms with van der Waals surface area (Å²) in [6, 6.07) is 8.06. The van der Waals surface area contributed by atoms with E-state index in [1.165, 1.54) is 0 Å². The second-order valence-corrected chi connectivity index (χ2v) is 6.00. The fourth-order valence-electron chi connectivity index (χ4n) is 3.14. The van der Waals surface area contributed by atoms with E-state index in [0.29, 0.717) is 12.2 Å². The molecule has 2 rings (SSSR count). The van der Waals surface area contributed by atoms with Crippen LogP contribution in [0.1, 0.15) is 37.7 Å². The minimum atomic E-state index is -0.308. The minimum Gasteiger partial charge on any atom is -0.497 e. The Bertz CT molecular complexity index is 470. The van der Waals surface area contributed by atoms with Crippen LogP contribution < -0.4 is 4.74 Å². The molecule has 1 aliphatic carbocycles. The van der Waals surface area contributed by atoms with Gasteiger partial charge in [-0.2, -0.15) is 0 Å². The molecule has 0 unspecified atom stereocenters. The number of rotatable bonds is 5. The molecular formula is C17H25NO2. The van der Waals surface area contributed by atoms with Crippen LogP contribution in [0, 0.1) is 0 Å². The van der Waals surface area contributed by atoms with Gasteiger partial charge in [0.15, 0.2) is 0 Å². The van der Waals surface area contributed by atoms with Crippen LogP contribution in [0.5, 0.6) is 5.75 Å². The van der Waals surface area contributed by atoms with Crippen molar-refractivity contribution in [2.24, 2.45) is 0 Å². The van der Waals surface area contributed by atoms with Gasteiger partial charge in [0.1, 0.15) is 11.5 Å². The van der Waals surface area contributed by atoms with Gasteiger partial charge in [-0.05, 0) is 57.6 Å². The van der Waals surface area contributed by atoms with E-state index in [2.05, 4.69) is 25.1 Å². The summed E-state index contributed by atoms with van der Waals surface area (Å²) in [5, 5.41) is 0. The number of methoxy groups -OCH3 is 1. The van der Waals surface area contributed by atoms with Gasteiger partial charge in [0, 0.05) is 6.42 Å². The molecule has 0 N–H and O–H groups in total. The van der Waals surface area contributed by atoms with Crippen LogP contribution in [0.4, 0.5) is 0 Å². The second-order valence-electron chi connectivity index (χ2n) is 6.00. The molecule has 0 radical (unpaired) electrons. The summed E-state index contributed by atoms with van der Waals surface area (Å²) < 4.78 is 5.33. The minimum absolute atomic E-state index is 0.308. The maximum Gasteiger partial charge on any atom is 0.143 e. The van der Waals surface area contributed by atoms with Crippen molar-refractivity contribution in [3.8, 4) is 5.75 Å². The number of ether oxygens (including phenoxy) is 1. The highest BCUT2D eigenvalue weighted by molar-refractivity contribution is 5.91. The Labute approximate surface area is 121 Å². The van der Waals surface area contributed by atoms with Crippen molar-refractivity contribution in [2.45, 2.75) is 37.5 Å². The molecule has 1 saturated carbocycles.